The summed E-state index contributed by atoms with van der Waals surface area (Å²) < 4.78 is 39.2. The Morgan fingerprint density at radius 1 is 0.724 bits per heavy atom. The van der Waals surface area contributed by atoms with Crippen LogP contribution in [0.1, 0.15) is 30.1 Å². The molecule has 0 N–H and O–H groups in total. The molecule has 0 aliphatic carbocycles. The van der Waals surface area contributed by atoms with Crippen molar-refractivity contribution in [2.75, 3.05) is 54.0 Å². The summed E-state index contributed by atoms with van der Waals surface area (Å²) in [4.78, 5) is 23.3. The largest absolute Gasteiger partial charge is 0.433 e. The number of piperazine rings is 1. The minimum absolute atomic E-state index is 0.120. The van der Waals surface area contributed by atoms with Gasteiger partial charge in [0.05, 0.1) is 0 Å². The van der Waals surface area contributed by atoms with Crippen molar-refractivity contribution in [2.24, 2.45) is 0 Å². The third kappa shape index (κ3) is 4.35. The smallest absolute Gasteiger partial charge is 0.356 e. The fourth-order valence-corrected chi connectivity index (χ4v) is 3.78. The normalized spacial score (nSPS) is 17.9. The van der Waals surface area contributed by atoms with Crippen LogP contribution in [0.25, 0.3) is 0 Å². The van der Waals surface area contributed by atoms with Gasteiger partial charge in [0.2, 0.25) is 5.95 Å². The van der Waals surface area contributed by atoms with Crippen LogP contribution in [-0.2, 0) is 6.18 Å². The molecule has 0 unspecified atom stereocenters. The molecule has 2 aromatic heterocycles. The van der Waals surface area contributed by atoms with Gasteiger partial charge in [0.1, 0.15) is 23.2 Å². The number of hydrogen-bond acceptors (Lipinski definition) is 7. The molecular weight excluding hydrogens is 383 g/mol. The average molecular weight is 407 g/mol. The van der Waals surface area contributed by atoms with Gasteiger partial charge in [-0.1, -0.05) is 0 Å². The number of alkyl halides is 3. The highest BCUT2D eigenvalue weighted by Crippen LogP contribution is 2.30. The summed E-state index contributed by atoms with van der Waals surface area (Å²) in [6, 6.07) is 3.03. The second-order valence-electron chi connectivity index (χ2n) is 7.49. The number of nitrogens with zero attached hydrogens (tertiary/aromatic N) is 7. The minimum Gasteiger partial charge on any atom is -0.356 e. The van der Waals surface area contributed by atoms with Crippen LogP contribution in [-0.4, -0.2) is 59.2 Å². The topological polar surface area (TPSA) is 61.3 Å². The number of aromatic nitrogens is 4. The van der Waals surface area contributed by atoms with Crippen molar-refractivity contribution in [3.05, 3.63) is 29.3 Å². The van der Waals surface area contributed by atoms with Gasteiger partial charge in [-0.25, -0.2) is 15.0 Å². The molecule has 2 saturated heterocycles. The van der Waals surface area contributed by atoms with Gasteiger partial charge in [0, 0.05) is 57.1 Å². The van der Waals surface area contributed by atoms with E-state index in [9.17, 15) is 13.2 Å². The first-order chi connectivity index (χ1) is 13.8. The zero-order chi connectivity index (χ0) is 20.6. The van der Waals surface area contributed by atoms with E-state index >= 15 is 0 Å². The van der Waals surface area contributed by atoms with E-state index in [0.717, 1.165) is 30.7 Å². The SMILES string of the molecule is Cc1cc(N2CCCC2)nc(N2CCN(c3cc(C(F)(F)F)nc(C)n3)CC2)n1. The van der Waals surface area contributed by atoms with Crippen LogP contribution in [0.4, 0.5) is 30.8 Å². The third-order valence-electron chi connectivity index (χ3n) is 5.26. The van der Waals surface area contributed by atoms with E-state index in [-0.39, 0.29) is 5.82 Å². The summed E-state index contributed by atoms with van der Waals surface area (Å²) in [7, 11) is 0. The summed E-state index contributed by atoms with van der Waals surface area (Å²) in [6.45, 7) is 7.80. The van der Waals surface area contributed by atoms with E-state index in [1.807, 2.05) is 17.9 Å². The van der Waals surface area contributed by atoms with E-state index in [1.54, 1.807) is 0 Å². The van der Waals surface area contributed by atoms with Gasteiger partial charge in [-0.3, -0.25) is 0 Å². The molecule has 0 aromatic carbocycles. The number of hydrogen-bond donors (Lipinski definition) is 0. The first-order valence-electron chi connectivity index (χ1n) is 9.83. The van der Waals surface area contributed by atoms with Gasteiger partial charge in [-0.15, -0.1) is 0 Å². The maximum absolute atomic E-state index is 13.1. The molecule has 0 radical (unpaired) electrons. The molecular formula is C19H24F3N7. The van der Waals surface area contributed by atoms with E-state index in [0.29, 0.717) is 37.9 Å². The minimum atomic E-state index is -4.48. The Balaban J connectivity index is 1.48. The molecule has 0 bridgehead atoms. The molecule has 0 atom stereocenters. The van der Waals surface area contributed by atoms with Crippen molar-refractivity contribution in [3.63, 3.8) is 0 Å². The molecule has 4 heterocycles. The highest BCUT2D eigenvalue weighted by Gasteiger charge is 2.34. The van der Waals surface area contributed by atoms with Crippen LogP contribution in [0.5, 0.6) is 0 Å². The lowest BCUT2D eigenvalue weighted by atomic mass is 10.3. The molecule has 29 heavy (non-hydrogen) atoms. The standard InChI is InChI=1S/C19H24F3N7/c1-13-11-16(27-5-3-4-6-27)26-18(23-13)29-9-7-28(8-10-29)17-12-15(19(20,21)22)24-14(2)25-17/h11-12H,3-10H2,1-2H3. The highest BCUT2D eigenvalue weighted by atomic mass is 19.4. The summed E-state index contributed by atoms with van der Waals surface area (Å²) in [5, 5.41) is 0. The Hall–Kier alpha value is -2.65. The Morgan fingerprint density at radius 2 is 1.31 bits per heavy atom. The van der Waals surface area contributed by atoms with Crippen LogP contribution in [0, 0.1) is 13.8 Å². The van der Waals surface area contributed by atoms with Gasteiger partial charge >= 0.3 is 6.18 Å². The number of aryl methyl sites for hydroxylation is 2. The summed E-state index contributed by atoms with van der Waals surface area (Å²) in [5.74, 6) is 2.07. The summed E-state index contributed by atoms with van der Waals surface area (Å²) in [5.41, 5.74) is 0.0141. The zero-order valence-corrected chi connectivity index (χ0v) is 16.6. The van der Waals surface area contributed by atoms with Crippen LogP contribution in [0.3, 0.4) is 0 Å². The Labute approximate surface area is 167 Å². The third-order valence-corrected chi connectivity index (χ3v) is 5.26. The molecule has 2 aliphatic rings. The van der Waals surface area contributed by atoms with Crippen molar-refractivity contribution in [1.82, 2.24) is 19.9 Å². The fraction of sp³-hybridized carbons (Fsp3) is 0.579. The van der Waals surface area contributed by atoms with Crippen LogP contribution >= 0.6 is 0 Å². The van der Waals surface area contributed by atoms with Crippen LogP contribution < -0.4 is 14.7 Å². The monoisotopic (exact) mass is 407 g/mol. The van der Waals surface area contributed by atoms with Crippen LogP contribution in [0.2, 0.25) is 0 Å². The van der Waals surface area contributed by atoms with Gasteiger partial charge < -0.3 is 14.7 Å². The van der Waals surface area contributed by atoms with E-state index < -0.39 is 11.9 Å². The molecule has 0 spiro atoms. The average Bonchev–Trinajstić information content (AvgIpc) is 3.21. The fourth-order valence-electron chi connectivity index (χ4n) is 3.78. The number of anilines is 3. The first kappa shape index (κ1) is 19.7. The molecule has 156 valence electrons. The predicted octanol–water partition coefficient (Wildman–Crippen LogP) is 2.83. The van der Waals surface area contributed by atoms with Crippen molar-refractivity contribution < 1.29 is 13.2 Å². The maximum atomic E-state index is 13.1. The van der Waals surface area contributed by atoms with Crippen molar-refractivity contribution in [1.29, 1.82) is 0 Å². The first-order valence-corrected chi connectivity index (χ1v) is 9.83. The van der Waals surface area contributed by atoms with E-state index in [1.165, 1.54) is 19.8 Å². The lowest BCUT2D eigenvalue weighted by Gasteiger charge is -2.36. The number of halogens is 3. The maximum Gasteiger partial charge on any atom is 0.433 e. The summed E-state index contributed by atoms with van der Waals surface area (Å²) in [6.07, 6.45) is -2.13. The van der Waals surface area contributed by atoms with E-state index in [4.69, 9.17) is 4.98 Å². The zero-order valence-electron chi connectivity index (χ0n) is 16.6. The Kier molecular flexibility index (Phi) is 5.18. The molecule has 0 amide bonds. The molecule has 2 aromatic rings. The molecule has 7 nitrogen and oxygen atoms in total. The van der Waals surface area contributed by atoms with Gasteiger partial charge in [0.15, 0.2) is 0 Å². The number of rotatable bonds is 3. The Morgan fingerprint density at radius 3 is 1.97 bits per heavy atom. The van der Waals surface area contributed by atoms with Gasteiger partial charge in [-0.05, 0) is 26.7 Å². The van der Waals surface area contributed by atoms with Crippen molar-refractivity contribution in [2.45, 2.75) is 32.9 Å². The van der Waals surface area contributed by atoms with Gasteiger partial charge in [-0.2, -0.15) is 18.2 Å². The molecule has 10 heteroatoms. The lowest BCUT2D eigenvalue weighted by Crippen LogP contribution is -2.47. The lowest BCUT2D eigenvalue weighted by molar-refractivity contribution is -0.141. The second-order valence-corrected chi connectivity index (χ2v) is 7.49. The Bertz CT molecular complexity index is 873. The molecule has 4 rings (SSSR count). The second kappa shape index (κ2) is 7.64. The predicted molar refractivity (Wildman–Crippen MR) is 104 cm³/mol. The van der Waals surface area contributed by atoms with Crippen molar-refractivity contribution in [3.8, 4) is 0 Å². The molecule has 2 aliphatic heterocycles. The van der Waals surface area contributed by atoms with E-state index in [2.05, 4.69) is 24.8 Å². The highest BCUT2D eigenvalue weighted by molar-refractivity contribution is 5.48. The molecule has 2 fully saturated rings. The van der Waals surface area contributed by atoms with Gasteiger partial charge in [0.25, 0.3) is 0 Å². The molecule has 0 saturated carbocycles. The summed E-state index contributed by atoms with van der Waals surface area (Å²) >= 11 is 0. The van der Waals surface area contributed by atoms with Crippen LogP contribution in [0.15, 0.2) is 12.1 Å². The van der Waals surface area contributed by atoms with Crippen molar-refractivity contribution >= 4 is 17.6 Å². The quantitative estimate of drug-likeness (QED) is 0.775.